The summed E-state index contributed by atoms with van der Waals surface area (Å²) in [5.41, 5.74) is 0.321. The molecule has 3 heteroatoms. The van der Waals surface area contributed by atoms with Gasteiger partial charge in [0.2, 0.25) is 0 Å². The van der Waals surface area contributed by atoms with E-state index in [1.54, 1.807) is 6.08 Å². The Hall–Kier alpha value is -1.51. The second-order valence-corrected chi connectivity index (χ2v) is 2.64. The van der Waals surface area contributed by atoms with Crippen molar-refractivity contribution in [1.29, 1.82) is 0 Å². The summed E-state index contributed by atoms with van der Waals surface area (Å²) >= 11 is 0. The lowest BCUT2D eigenvalue weighted by Gasteiger charge is -1.97. The van der Waals surface area contributed by atoms with E-state index in [-0.39, 0.29) is 5.78 Å². The number of allylic oxidation sites excluding steroid dienone is 1. The Kier molecular flexibility index (Phi) is 3.31. The molecule has 0 radical (unpaired) electrons. The van der Waals surface area contributed by atoms with Crippen molar-refractivity contribution in [2.45, 2.75) is 12.8 Å². The summed E-state index contributed by atoms with van der Waals surface area (Å²) in [6, 6.07) is 1.19. The zero-order chi connectivity index (χ0) is 9.68. The SMILES string of the molecule is C=CCCC(=O)c1cncc(F)c1. The van der Waals surface area contributed by atoms with Gasteiger partial charge in [-0.15, -0.1) is 6.58 Å². The van der Waals surface area contributed by atoms with Crippen LogP contribution < -0.4 is 0 Å². The molecule has 0 bridgehead atoms. The highest BCUT2D eigenvalue weighted by atomic mass is 19.1. The van der Waals surface area contributed by atoms with Crippen LogP contribution in [0.2, 0.25) is 0 Å². The molecule has 1 aromatic rings. The first-order valence-electron chi connectivity index (χ1n) is 3.98. The highest BCUT2D eigenvalue weighted by Gasteiger charge is 2.05. The number of aromatic nitrogens is 1. The van der Waals surface area contributed by atoms with Gasteiger partial charge in [-0.25, -0.2) is 4.39 Å². The normalized spacial score (nSPS) is 9.62. The number of Topliss-reactive ketones (excluding diaryl/α,β-unsaturated/α-hetero) is 1. The van der Waals surface area contributed by atoms with Gasteiger partial charge in [0.15, 0.2) is 5.78 Å². The summed E-state index contributed by atoms with van der Waals surface area (Å²) < 4.78 is 12.6. The van der Waals surface area contributed by atoms with E-state index in [1.165, 1.54) is 12.3 Å². The van der Waals surface area contributed by atoms with Crippen molar-refractivity contribution in [3.05, 3.63) is 42.5 Å². The van der Waals surface area contributed by atoms with Gasteiger partial charge >= 0.3 is 0 Å². The molecule has 1 aromatic heterocycles. The molecular formula is C10H10FNO. The van der Waals surface area contributed by atoms with Crippen LogP contribution >= 0.6 is 0 Å². The fourth-order valence-corrected chi connectivity index (χ4v) is 0.942. The minimum absolute atomic E-state index is 0.105. The molecule has 0 unspecified atom stereocenters. The maximum Gasteiger partial charge on any atom is 0.164 e. The number of nitrogens with zero attached hydrogens (tertiary/aromatic N) is 1. The molecule has 0 amide bonds. The van der Waals surface area contributed by atoms with E-state index in [4.69, 9.17) is 0 Å². The lowest BCUT2D eigenvalue weighted by atomic mass is 10.1. The highest BCUT2D eigenvalue weighted by Crippen LogP contribution is 2.05. The van der Waals surface area contributed by atoms with Gasteiger partial charge in [-0.2, -0.15) is 0 Å². The van der Waals surface area contributed by atoms with Crippen LogP contribution in [0.4, 0.5) is 4.39 Å². The van der Waals surface area contributed by atoms with Crippen LogP contribution in [0.15, 0.2) is 31.1 Å². The summed E-state index contributed by atoms with van der Waals surface area (Å²) in [5.74, 6) is -0.587. The smallest absolute Gasteiger partial charge is 0.164 e. The molecule has 0 N–H and O–H groups in total. The van der Waals surface area contributed by atoms with Crippen molar-refractivity contribution >= 4 is 5.78 Å². The Morgan fingerprint density at radius 2 is 2.38 bits per heavy atom. The standard InChI is InChI=1S/C10H10FNO/c1-2-3-4-10(13)8-5-9(11)7-12-6-8/h2,5-7H,1,3-4H2. The van der Waals surface area contributed by atoms with Gasteiger partial charge in [0.05, 0.1) is 6.20 Å². The van der Waals surface area contributed by atoms with Crippen LogP contribution in [0.1, 0.15) is 23.2 Å². The molecule has 0 fully saturated rings. The average molecular weight is 179 g/mol. The van der Waals surface area contributed by atoms with Crippen LogP contribution in [0.3, 0.4) is 0 Å². The lowest BCUT2D eigenvalue weighted by molar-refractivity contribution is 0.0983. The maximum absolute atomic E-state index is 12.6. The second-order valence-electron chi connectivity index (χ2n) is 2.64. The molecule has 0 aliphatic rings. The first kappa shape index (κ1) is 9.58. The van der Waals surface area contributed by atoms with Crippen molar-refractivity contribution in [2.75, 3.05) is 0 Å². The van der Waals surface area contributed by atoms with Crippen LogP contribution in [0.25, 0.3) is 0 Å². The predicted octanol–water partition coefficient (Wildman–Crippen LogP) is 2.37. The van der Waals surface area contributed by atoms with Gasteiger partial charge in [0, 0.05) is 18.2 Å². The van der Waals surface area contributed by atoms with E-state index in [0.29, 0.717) is 18.4 Å². The largest absolute Gasteiger partial charge is 0.294 e. The predicted molar refractivity (Wildman–Crippen MR) is 48.0 cm³/mol. The highest BCUT2D eigenvalue weighted by molar-refractivity contribution is 5.95. The fourth-order valence-electron chi connectivity index (χ4n) is 0.942. The quantitative estimate of drug-likeness (QED) is 0.524. The van der Waals surface area contributed by atoms with Crippen molar-refractivity contribution in [3.8, 4) is 0 Å². The minimum Gasteiger partial charge on any atom is -0.294 e. The molecule has 0 aliphatic carbocycles. The van der Waals surface area contributed by atoms with Gasteiger partial charge in [0.25, 0.3) is 0 Å². The number of halogens is 1. The van der Waals surface area contributed by atoms with E-state index < -0.39 is 5.82 Å². The van der Waals surface area contributed by atoms with Gasteiger partial charge in [-0.05, 0) is 12.5 Å². The van der Waals surface area contributed by atoms with Crippen molar-refractivity contribution in [1.82, 2.24) is 4.98 Å². The zero-order valence-electron chi connectivity index (χ0n) is 7.16. The molecule has 1 rings (SSSR count). The van der Waals surface area contributed by atoms with Crippen LogP contribution in [0, 0.1) is 5.82 Å². The van der Waals surface area contributed by atoms with Gasteiger partial charge in [-0.1, -0.05) is 6.08 Å². The third kappa shape index (κ3) is 2.78. The Morgan fingerprint density at radius 3 is 3.00 bits per heavy atom. The molecule has 0 saturated carbocycles. The van der Waals surface area contributed by atoms with E-state index in [1.807, 2.05) is 0 Å². The minimum atomic E-state index is -0.482. The third-order valence-corrected chi connectivity index (χ3v) is 1.60. The molecule has 2 nitrogen and oxygen atoms in total. The molecule has 0 atom stereocenters. The Labute approximate surface area is 76.1 Å². The fraction of sp³-hybridized carbons (Fsp3) is 0.200. The lowest BCUT2D eigenvalue weighted by Crippen LogP contribution is -1.99. The summed E-state index contributed by atoms with van der Waals surface area (Å²) in [5, 5.41) is 0. The van der Waals surface area contributed by atoms with Gasteiger partial charge < -0.3 is 0 Å². The van der Waals surface area contributed by atoms with Gasteiger partial charge in [-0.3, -0.25) is 9.78 Å². The molecular weight excluding hydrogens is 169 g/mol. The van der Waals surface area contributed by atoms with Crippen molar-refractivity contribution < 1.29 is 9.18 Å². The maximum atomic E-state index is 12.6. The Morgan fingerprint density at radius 1 is 1.62 bits per heavy atom. The second kappa shape index (κ2) is 4.50. The molecule has 13 heavy (non-hydrogen) atoms. The Bertz CT molecular complexity index is 322. The number of ketones is 1. The molecule has 0 spiro atoms. The van der Waals surface area contributed by atoms with Crippen molar-refractivity contribution in [3.63, 3.8) is 0 Å². The third-order valence-electron chi connectivity index (χ3n) is 1.60. The summed E-state index contributed by atoms with van der Waals surface area (Å²) in [6.45, 7) is 3.50. The van der Waals surface area contributed by atoms with E-state index in [9.17, 15) is 9.18 Å². The van der Waals surface area contributed by atoms with E-state index in [0.717, 1.165) is 6.20 Å². The number of rotatable bonds is 4. The molecule has 0 saturated heterocycles. The average Bonchev–Trinajstić information content (AvgIpc) is 2.14. The number of carbonyl (C=O) groups excluding carboxylic acids is 1. The molecule has 0 aromatic carbocycles. The first-order valence-corrected chi connectivity index (χ1v) is 3.98. The number of hydrogen-bond donors (Lipinski definition) is 0. The van der Waals surface area contributed by atoms with Crippen LogP contribution in [-0.2, 0) is 0 Å². The van der Waals surface area contributed by atoms with Gasteiger partial charge in [0.1, 0.15) is 5.82 Å². The Balaban J connectivity index is 2.71. The number of hydrogen-bond acceptors (Lipinski definition) is 2. The number of carbonyl (C=O) groups is 1. The zero-order valence-corrected chi connectivity index (χ0v) is 7.16. The topological polar surface area (TPSA) is 30.0 Å². The van der Waals surface area contributed by atoms with E-state index >= 15 is 0 Å². The first-order chi connectivity index (χ1) is 6.24. The molecule has 0 aliphatic heterocycles. The molecule has 1 heterocycles. The summed E-state index contributed by atoms with van der Waals surface area (Å²) in [7, 11) is 0. The summed E-state index contributed by atoms with van der Waals surface area (Å²) in [4.78, 5) is 14.9. The summed E-state index contributed by atoms with van der Waals surface area (Å²) in [6.07, 6.45) is 5.06. The van der Waals surface area contributed by atoms with Crippen LogP contribution in [-0.4, -0.2) is 10.8 Å². The molecule has 68 valence electrons. The van der Waals surface area contributed by atoms with Crippen molar-refractivity contribution in [2.24, 2.45) is 0 Å². The number of pyridine rings is 1. The van der Waals surface area contributed by atoms with E-state index in [2.05, 4.69) is 11.6 Å². The monoisotopic (exact) mass is 179 g/mol. The van der Waals surface area contributed by atoms with Crippen LogP contribution in [0.5, 0.6) is 0 Å².